The van der Waals surface area contributed by atoms with Crippen molar-refractivity contribution in [3.8, 4) is 0 Å². The van der Waals surface area contributed by atoms with Crippen molar-refractivity contribution in [1.82, 2.24) is 0 Å². The monoisotopic (exact) mass is 506 g/mol. The Morgan fingerprint density at radius 1 is 0.868 bits per heavy atom. The Balaban J connectivity index is 1.44. The molecule has 0 bridgehead atoms. The fraction of sp³-hybridized carbons (Fsp3) is 0.579. The van der Waals surface area contributed by atoms with Crippen molar-refractivity contribution in [2.45, 2.75) is 111 Å². The molecule has 0 aromatic heterocycles. The molecule has 3 aliphatic rings. The molecule has 3 saturated carbocycles. The molecule has 0 N–H and O–H groups in total. The van der Waals surface area contributed by atoms with Crippen LogP contribution in [0.1, 0.15) is 121 Å². The fourth-order valence-electron chi connectivity index (χ4n) is 10.0. The van der Waals surface area contributed by atoms with Gasteiger partial charge in [-0.25, -0.2) is 0 Å². The fourth-order valence-corrected chi connectivity index (χ4v) is 10.0. The summed E-state index contributed by atoms with van der Waals surface area (Å²) >= 11 is 0. The molecule has 3 fully saturated rings. The second-order valence-electron chi connectivity index (χ2n) is 14.4. The maximum atomic E-state index is 4.25. The van der Waals surface area contributed by atoms with E-state index < -0.39 is 0 Å². The standard InChI is InChI=1S/C38H50/c1-8-25-20-29(37(5,6)7)21-27-16-17-30-24(4)19-28(22-33(30)36(25)27)26-15-18-32-31-13-11-12-14-34(31)38(9-2,10-3)35(32)23-26/h8,16-17,19-22,26,31-32,34-35H,1,9-15,18,23H2,2-7H3/t26?,31?,32?,34-,35+/m0/s1. The summed E-state index contributed by atoms with van der Waals surface area (Å²) in [4.78, 5) is 0. The molecule has 0 heterocycles. The van der Waals surface area contributed by atoms with Gasteiger partial charge >= 0.3 is 0 Å². The summed E-state index contributed by atoms with van der Waals surface area (Å²) in [5, 5.41) is 5.60. The van der Waals surface area contributed by atoms with E-state index in [0.717, 1.165) is 23.7 Å². The first-order valence-electron chi connectivity index (χ1n) is 15.9. The highest BCUT2D eigenvalue weighted by atomic mass is 14.6. The molecule has 3 aromatic rings. The predicted octanol–water partition coefficient (Wildman–Crippen LogP) is 11.4. The van der Waals surface area contributed by atoms with Crippen molar-refractivity contribution in [3.05, 3.63) is 65.2 Å². The maximum absolute atomic E-state index is 4.25. The van der Waals surface area contributed by atoms with Crippen LogP contribution in [-0.2, 0) is 5.41 Å². The minimum atomic E-state index is 0.126. The van der Waals surface area contributed by atoms with Crippen molar-refractivity contribution >= 4 is 27.6 Å². The average molecular weight is 507 g/mol. The first-order chi connectivity index (χ1) is 18.2. The maximum Gasteiger partial charge on any atom is -0.00326 e. The summed E-state index contributed by atoms with van der Waals surface area (Å²) in [5.41, 5.74) is 6.44. The Morgan fingerprint density at radius 2 is 1.61 bits per heavy atom. The molecule has 0 saturated heterocycles. The predicted molar refractivity (Wildman–Crippen MR) is 167 cm³/mol. The van der Waals surface area contributed by atoms with E-state index in [9.17, 15) is 0 Å². The quantitative estimate of drug-likeness (QED) is 0.309. The first-order valence-corrected chi connectivity index (χ1v) is 15.9. The topological polar surface area (TPSA) is 0 Å². The molecule has 5 atom stereocenters. The molecule has 3 aromatic carbocycles. The van der Waals surface area contributed by atoms with Crippen LogP contribution in [0.3, 0.4) is 0 Å². The van der Waals surface area contributed by atoms with Crippen molar-refractivity contribution in [1.29, 1.82) is 0 Å². The first kappa shape index (κ1) is 26.2. The van der Waals surface area contributed by atoms with E-state index in [4.69, 9.17) is 0 Å². The second-order valence-corrected chi connectivity index (χ2v) is 14.4. The molecule has 0 aliphatic heterocycles. The minimum Gasteiger partial charge on any atom is -0.0984 e. The van der Waals surface area contributed by atoms with E-state index in [1.54, 1.807) is 5.56 Å². The Kier molecular flexibility index (Phi) is 6.56. The lowest BCUT2D eigenvalue weighted by atomic mass is 9.60. The Hall–Kier alpha value is -2.08. The van der Waals surface area contributed by atoms with Crippen molar-refractivity contribution in [3.63, 3.8) is 0 Å². The highest BCUT2D eigenvalue weighted by Gasteiger charge is 2.59. The van der Waals surface area contributed by atoms with Crippen LogP contribution in [0.15, 0.2) is 43.0 Å². The summed E-state index contributed by atoms with van der Waals surface area (Å²) in [6.07, 6.45) is 15.1. The zero-order valence-corrected chi connectivity index (χ0v) is 25.0. The number of aryl methyl sites for hydroxylation is 1. The molecule has 0 nitrogen and oxygen atoms in total. The lowest BCUT2D eigenvalue weighted by molar-refractivity contribution is 0.0648. The van der Waals surface area contributed by atoms with E-state index in [1.807, 2.05) is 0 Å². The third kappa shape index (κ3) is 3.91. The van der Waals surface area contributed by atoms with Crippen LogP contribution in [-0.4, -0.2) is 0 Å². The minimum absolute atomic E-state index is 0.126. The molecule has 6 rings (SSSR count). The third-order valence-electron chi connectivity index (χ3n) is 11.9. The summed E-state index contributed by atoms with van der Waals surface area (Å²) in [5.74, 6) is 4.62. The number of benzene rings is 3. The number of fused-ring (bicyclic) bond motifs is 6. The van der Waals surface area contributed by atoms with Gasteiger partial charge in [-0.1, -0.05) is 96.5 Å². The van der Waals surface area contributed by atoms with Gasteiger partial charge in [0.1, 0.15) is 0 Å². The zero-order chi connectivity index (χ0) is 26.8. The number of hydrogen-bond donors (Lipinski definition) is 0. The highest BCUT2D eigenvalue weighted by molar-refractivity contribution is 6.12. The van der Waals surface area contributed by atoms with Gasteiger partial charge in [0.05, 0.1) is 0 Å². The summed E-state index contributed by atoms with van der Waals surface area (Å²) in [6.45, 7) is 18.6. The van der Waals surface area contributed by atoms with Gasteiger partial charge in [0.2, 0.25) is 0 Å². The van der Waals surface area contributed by atoms with Crippen molar-refractivity contribution in [2.75, 3.05) is 0 Å². The van der Waals surface area contributed by atoms with E-state index in [2.05, 4.69) is 90.6 Å². The molecule has 3 aliphatic carbocycles. The average Bonchev–Trinajstić information content (AvgIpc) is 3.21. The Bertz CT molecular complexity index is 1360. The van der Waals surface area contributed by atoms with E-state index in [0.29, 0.717) is 11.3 Å². The molecule has 0 heteroatoms. The van der Waals surface area contributed by atoms with Crippen LogP contribution in [0.25, 0.3) is 27.6 Å². The van der Waals surface area contributed by atoms with Crippen LogP contribution in [0, 0.1) is 36.0 Å². The van der Waals surface area contributed by atoms with Gasteiger partial charge in [0.25, 0.3) is 0 Å². The largest absolute Gasteiger partial charge is 0.0984 e. The summed E-state index contributed by atoms with van der Waals surface area (Å²) in [7, 11) is 0. The SMILES string of the molecule is C=Cc1cc(C(C)(C)C)cc2ccc3c(C)cc(C4CCC5C6CCCC[C@@H]6C(CC)(CC)[C@@H]5C4)cc3c12. The number of rotatable bonds is 4. The van der Waals surface area contributed by atoms with Gasteiger partial charge in [0.15, 0.2) is 0 Å². The van der Waals surface area contributed by atoms with Gasteiger partial charge in [-0.2, -0.15) is 0 Å². The molecule has 0 amide bonds. The lowest BCUT2D eigenvalue weighted by Crippen LogP contribution is -2.35. The van der Waals surface area contributed by atoms with Gasteiger partial charge < -0.3 is 0 Å². The smallest absolute Gasteiger partial charge is 0.00326 e. The van der Waals surface area contributed by atoms with Crippen molar-refractivity contribution in [2.24, 2.45) is 29.1 Å². The molecule has 0 radical (unpaired) electrons. The van der Waals surface area contributed by atoms with Crippen LogP contribution in [0.4, 0.5) is 0 Å². The van der Waals surface area contributed by atoms with Gasteiger partial charge in [-0.3, -0.25) is 0 Å². The third-order valence-corrected chi connectivity index (χ3v) is 11.9. The Morgan fingerprint density at radius 3 is 2.32 bits per heavy atom. The van der Waals surface area contributed by atoms with Gasteiger partial charge in [-0.15, -0.1) is 0 Å². The van der Waals surface area contributed by atoms with Crippen LogP contribution >= 0.6 is 0 Å². The van der Waals surface area contributed by atoms with Crippen molar-refractivity contribution < 1.29 is 0 Å². The molecule has 3 unspecified atom stereocenters. The highest BCUT2D eigenvalue weighted by Crippen LogP contribution is 2.67. The van der Waals surface area contributed by atoms with Crippen LogP contribution in [0.2, 0.25) is 0 Å². The summed E-state index contributed by atoms with van der Waals surface area (Å²) < 4.78 is 0. The Labute approximate surface area is 232 Å². The lowest BCUT2D eigenvalue weighted by Gasteiger charge is -2.44. The molecule has 202 valence electrons. The second kappa shape index (κ2) is 9.53. The van der Waals surface area contributed by atoms with Gasteiger partial charge in [-0.05, 0) is 136 Å². The van der Waals surface area contributed by atoms with Crippen LogP contribution in [0.5, 0.6) is 0 Å². The molecule has 38 heavy (non-hydrogen) atoms. The van der Waals surface area contributed by atoms with E-state index >= 15 is 0 Å². The molecular weight excluding hydrogens is 456 g/mol. The molecular formula is C38H50. The van der Waals surface area contributed by atoms with Gasteiger partial charge in [0, 0.05) is 0 Å². The normalized spacial score (nSPS) is 28.8. The van der Waals surface area contributed by atoms with E-state index in [-0.39, 0.29) is 5.41 Å². The van der Waals surface area contributed by atoms with Crippen LogP contribution < -0.4 is 0 Å². The zero-order valence-electron chi connectivity index (χ0n) is 25.0. The number of hydrogen-bond acceptors (Lipinski definition) is 0. The summed E-state index contributed by atoms with van der Waals surface area (Å²) in [6, 6.07) is 14.7. The van der Waals surface area contributed by atoms with E-state index in [1.165, 1.54) is 96.0 Å². The molecule has 0 spiro atoms.